The van der Waals surface area contributed by atoms with Crippen LogP contribution < -0.4 is 5.73 Å². The van der Waals surface area contributed by atoms with E-state index in [1.165, 1.54) is 11.3 Å². The lowest BCUT2D eigenvalue weighted by Crippen LogP contribution is -2.07. The van der Waals surface area contributed by atoms with E-state index in [0.717, 1.165) is 26.5 Å². The summed E-state index contributed by atoms with van der Waals surface area (Å²) in [7, 11) is 0. The molecule has 0 aromatic carbocycles. The first kappa shape index (κ1) is 11.6. The highest BCUT2D eigenvalue weighted by atomic mass is 79.9. The second-order valence-corrected chi connectivity index (χ2v) is 5.28. The molecule has 0 bridgehead atoms. The Morgan fingerprint density at radius 1 is 1.44 bits per heavy atom. The van der Waals surface area contributed by atoms with Gasteiger partial charge < -0.3 is 5.73 Å². The molecule has 0 saturated carbocycles. The van der Waals surface area contributed by atoms with Crippen LogP contribution in [0.5, 0.6) is 0 Å². The maximum atomic E-state index is 5.90. The van der Waals surface area contributed by atoms with Crippen LogP contribution in [-0.4, -0.2) is 15.2 Å². The molecule has 0 aliphatic rings. The van der Waals surface area contributed by atoms with Gasteiger partial charge in [-0.3, -0.25) is 4.98 Å². The number of aromatic nitrogens is 3. The van der Waals surface area contributed by atoms with E-state index in [1.807, 2.05) is 13.0 Å². The standard InChI is InChI=1S/C10H11BrN4S/c1-2-8(12)10-15-14-9(16-10)6-3-7(11)5-13-4-6/h3-5,8H,2,12H2,1H3. The minimum Gasteiger partial charge on any atom is -0.322 e. The van der Waals surface area contributed by atoms with Gasteiger partial charge in [-0.2, -0.15) is 0 Å². The van der Waals surface area contributed by atoms with Crippen LogP contribution in [-0.2, 0) is 0 Å². The maximum Gasteiger partial charge on any atom is 0.149 e. The summed E-state index contributed by atoms with van der Waals surface area (Å²) in [6, 6.07) is 1.95. The van der Waals surface area contributed by atoms with Gasteiger partial charge in [0.1, 0.15) is 10.0 Å². The minimum absolute atomic E-state index is 0.0219. The van der Waals surface area contributed by atoms with E-state index in [4.69, 9.17) is 5.73 Å². The molecule has 0 radical (unpaired) electrons. The zero-order chi connectivity index (χ0) is 11.5. The number of hydrogen-bond acceptors (Lipinski definition) is 5. The van der Waals surface area contributed by atoms with Gasteiger partial charge >= 0.3 is 0 Å². The van der Waals surface area contributed by atoms with E-state index >= 15 is 0 Å². The number of nitrogens with zero attached hydrogens (tertiary/aromatic N) is 3. The van der Waals surface area contributed by atoms with Gasteiger partial charge in [-0.15, -0.1) is 10.2 Å². The van der Waals surface area contributed by atoms with E-state index in [9.17, 15) is 0 Å². The Balaban J connectivity index is 2.31. The average Bonchev–Trinajstić information content (AvgIpc) is 2.77. The van der Waals surface area contributed by atoms with Crippen LogP contribution in [0.3, 0.4) is 0 Å². The van der Waals surface area contributed by atoms with Crippen LogP contribution in [0.15, 0.2) is 22.9 Å². The summed E-state index contributed by atoms with van der Waals surface area (Å²) in [5, 5.41) is 9.94. The SMILES string of the molecule is CCC(N)c1nnc(-c2cncc(Br)c2)s1. The van der Waals surface area contributed by atoms with Crippen LogP contribution in [0.4, 0.5) is 0 Å². The lowest BCUT2D eigenvalue weighted by Gasteiger charge is -2.00. The number of nitrogens with two attached hydrogens (primary N) is 1. The Kier molecular flexibility index (Phi) is 3.63. The Hall–Kier alpha value is -0.850. The zero-order valence-corrected chi connectivity index (χ0v) is 11.1. The van der Waals surface area contributed by atoms with E-state index in [1.54, 1.807) is 12.4 Å². The van der Waals surface area contributed by atoms with Crippen molar-refractivity contribution in [3.05, 3.63) is 27.9 Å². The third-order valence-electron chi connectivity index (χ3n) is 2.15. The molecule has 16 heavy (non-hydrogen) atoms. The molecule has 0 aliphatic carbocycles. The molecule has 84 valence electrons. The Morgan fingerprint density at radius 3 is 2.94 bits per heavy atom. The monoisotopic (exact) mass is 298 g/mol. The summed E-state index contributed by atoms with van der Waals surface area (Å²) in [5.74, 6) is 0. The van der Waals surface area contributed by atoms with Gasteiger partial charge in [0, 0.05) is 22.4 Å². The van der Waals surface area contributed by atoms with Crippen molar-refractivity contribution in [3.8, 4) is 10.6 Å². The van der Waals surface area contributed by atoms with Crippen molar-refractivity contribution >= 4 is 27.3 Å². The van der Waals surface area contributed by atoms with Gasteiger partial charge in [0.25, 0.3) is 0 Å². The highest BCUT2D eigenvalue weighted by molar-refractivity contribution is 9.10. The van der Waals surface area contributed by atoms with Gasteiger partial charge in [-0.05, 0) is 28.4 Å². The largest absolute Gasteiger partial charge is 0.322 e. The molecule has 0 aliphatic heterocycles. The number of rotatable bonds is 3. The first-order chi connectivity index (χ1) is 7.70. The third-order valence-corrected chi connectivity index (χ3v) is 3.69. The van der Waals surface area contributed by atoms with E-state index < -0.39 is 0 Å². The molecule has 2 N–H and O–H groups in total. The zero-order valence-electron chi connectivity index (χ0n) is 8.72. The molecule has 4 nitrogen and oxygen atoms in total. The molecular weight excluding hydrogens is 288 g/mol. The quantitative estimate of drug-likeness (QED) is 0.946. The number of halogens is 1. The van der Waals surface area contributed by atoms with Crippen molar-refractivity contribution in [1.82, 2.24) is 15.2 Å². The van der Waals surface area contributed by atoms with Gasteiger partial charge in [-0.25, -0.2) is 0 Å². The molecule has 0 saturated heterocycles. The van der Waals surface area contributed by atoms with Gasteiger partial charge in [0.05, 0.1) is 6.04 Å². The van der Waals surface area contributed by atoms with Crippen molar-refractivity contribution in [3.63, 3.8) is 0 Å². The normalized spacial score (nSPS) is 12.7. The lowest BCUT2D eigenvalue weighted by molar-refractivity contribution is 0.683. The summed E-state index contributed by atoms with van der Waals surface area (Å²) in [6.07, 6.45) is 4.38. The molecule has 2 rings (SSSR count). The second kappa shape index (κ2) is 4.99. The molecule has 0 fully saturated rings. The van der Waals surface area contributed by atoms with Crippen LogP contribution >= 0.6 is 27.3 Å². The van der Waals surface area contributed by atoms with E-state index in [2.05, 4.69) is 31.1 Å². The van der Waals surface area contributed by atoms with Crippen molar-refractivity contribution in [2.75, 3.05) is 0 Å². The molecule has 2 aromatic rings. The molecule has 1 unspecified atom stereocenters. The fraction of sp³-hybridized carbons (Fsp3) is 0.300. The molecule has 0 spiro atoms. The van der Waals surface area contributed by atoms with Crippen LogP contribution in [0.2, 0.25) is 0 Å². The predicted molar refractivity (Wildman–Crippen MR) is 68.1 cm³/mol. The van der Waals surface area contributed by atoms with Gasteiger partial charge in [0.15, 0.2) is 0 Å². The third kappa shape index (κ3) is 2.45. The average molecular weight is 299 g/mol. The van der Waals surface area contributed by atoms with Gasteiger partial charge in [-0.1, -0.05) is 18.3 Å². The Labute approximate surface area is 106 Å². The predicted octanol–water partition coefficient (Wildman–Crippen LogP) is 2.77. The van der Waals surface area contributed by atoms with Crippen molar-refractivity contribution < 1.29 is 0 Å². The van der Waals surface area contributed by atoms with Crippen molar-refractivity contribution in [1.29, 1.82) is 0 Å². The summed E-state index contributed by atoms with van der Waals surface area (Å²) < 4.78 is 0.932. The van der Waals surface area contributed by atoms with Gasteiger partial charge in [0.2, 0.25) is 0 Å². The fourth-order valence-electron chi connectivity index (χ4n) is 1.20. The van der Waals surface area contributed by atoms with E-state index in [-0.39, 0.29) is 6.04 Å². The first-order valence-electron chi connectivity index (χ1n) is 4.90. The van der Waals surface area contributed by atoms with Crippen LogP contribution in [0, 0.1) is 0 Å². The maximum absolute atomic E-state index is 5.90. The highest BCUT2D eigenvalue weighted by Gasteiger charge is 2.12. The molecule has 2 aromatic heterocycles. The van der Waals surface area contributed by atoms with Crippen molar-refractivity contribution in [2.24, 2.45) is 5.73 Å². The summed E-state index contributed by atoms with van der Waals surface area (Å²) in [5.41, 5.74) is 6.86. The van der Waals surface area contributed by atoms with E-state index in [0.29, 0.717) is 0 Å². The highest BCUT2D eigenvalue weighted by Crippen LogP contribution is 2.27. The molecular formula is C10H11BrN4S. The number of pyridine rings is 1. The summed E-state index contributed by atoms with van der Waals surface area (Å²) in [4.78, 5) is 4.10. The smallest absolute Gasteiger partial charge is 0.149 e. The molecule has 6 heteroatoms. The fourth-order valence-corrected chi connectivity index (χ4v) is 2.48. The lowest BCUT2D eigenvalue weighted by atomic mass is 10.3. The topological polar surface area (TPSA) is 64.7 Å². The van der Waals surface area contributed by atoms with Crippen molar-refractivity contribution in [2.45, 2.75) is 19.4 Å². The minimum atomic E-state index is -0.0219. The van der Waals surface area contributed by atoms with Crippen LogP contribution in [0.1, 0.15) is 24.4 Å². The second-order valence-electron chi connectivity index (χ2n) is 3.35. The Bertz CT molecular complexity index is 485. The van der Waals surface area contributed by atoms with Crippen LogP contribution in [0.25, 0.3) is 10.6 Å². The molecule has 2 heterocycles. The number of hydrogen-bond donors (Lipinski definition) is 1. The Morgan fingerprint density at radius 2 is 2.25 bits per heavy atom. The molecule has 1 atom stereocenters. The summed E-state index contributed by atoms with van der Waals surface area (Å²) >= 11 is 4.90. The summed E-state index contributed by atoms with van der Waals surface area (Å²) in [6.45, 7) is 2.03. The first-order valence-corrected chi connectivity index (χ1v) is 6.51. The molecule has 0 amide bonds.